The van der Waals surface area contributed by atoms with Crippen LogP contribution in [0.1, 0.15) is 36.5 Å². The number of anilines is 1. The van der Waals surface area contributed by atoms with Gasteiger partial charge in [0.2, 0.25) is 0 Å². The summed E-state index contributed by atoms with van der Waals surface area (Å²) >= 11 is 0. The van der Waals surface area contributed by atoms with Crippen LogP contribution in [0.25, 0.3) is 0 Å². The number of para-hydroxylation sites is 1. The van der Waals surface area contributed by atoms with Crippen LogP contribution in [-0.4, -0.2) is 23.0 Å². The summed E-state index contributed by atoms with van der Waals surface area (Å²) in [7, 11) is 0. The van der Waals surface area contributed by atoms with Gasteiger partial charge in [-0.1, -0.05) is 12.1 Å². The van der Waals surface area contributed by atoms with Gasteiger partial charge in [0.1, 0.15) is 0 Å². The van der Waals surface area contributed by atoms with E-state index in [-0.39, 0.29) is 18.4 Å². The fourth-order valence-corrected chi connectivity index (χ4v) is 1.64. The molecule has 0 radical (unpaired) electrons. The molecule has 0 aromatic heterocycles. The number of aliphatic carboxylic acids is 1. The maximum absolute atomic E-state index is 11.9. The standard InChI is InChI=1S/C13H18N2O3/c1-9(5-4-8-12(16)17)15-13(18)10-6-2-3-7-11(10)14/h2-3,6-7,9H,4-5,8,14H2,1H3,(H,15,18)(H,16,17). The van der Waals surface area contributed by atoms with Crippen molar-refractivity contribution in [2.45, 2.75) is 32.2 Å². The van der Waals surface area contributed by atoms with Gasteiger partial charge < -0.3 is 16.2 Å². The molecule has 1 amide bonds. The molecule has 1 atom stereocenters. The first-order chi connectivity index (χ1) is 8.50. The third-order valence-corrected chi connectivity index (χ3v) is 2.61. The van der Waals surface area contributed by atoms with Crippen molar-refractivity contribution in [3.05, 3.63) is 29.8 Å². The zero-order chi connectivity index (χ0) is 13.5. The number of nitrogens with one attached hydrogen (secondary N) is 1. The minimum absolute atomic E-state index is 0.0727. The van der Waals surface area contributed by atoms with Crippen LogP contribution in [0.15, 0.2) is 24.3 Å². The Balaban J connectivity index is 2.45. The Kier molecular flexibility index (Phi) is 5.17. The number of hydrogen-bond donors (Lipinski definition) is 3. The second-order valence-corrected chi connectivity index (χ2v) is 4.25. The Morgan fingerprint density at radius 2 is 2.06 bits per heavy atom. The highest BCUT2D eigenvalue weighted by Crippen LogP contribution is 2.11. The first-order valence-corrected chi connectivity index (χ1v) is 5.88. The molecular weight excluding hydrogens is 232 g/mol. The van der Waals surface area contributed by atoms with E-state index in [1.54, 1.807) is 24.3 Å². The Morgan fingerprint density at radius 3 is 2.67 bits per heavy atom. The van der Waals surface area contributed by atoms with Crippen LogP contribution >= 0.6 is 0 Å². The Labute approximate surface area is 106 Å². The quantitative estimate of drug-likeness (QED) is 0.669. The molecule has 0 spiro atoms. The van der Waals surface area contributed by atoms with Crippen molar-refractivity contribution in [2.24, 2.45) is 0 Å². The van der Waals surface area contributed by atoms with Crippen LogP contribution in [0.3, 0.4) is 0 Å². The number of carboxylic acid groups (broad SMARTS) is 1. The number of nitrogens with two attached hydrogens (primary N) is 1. The Hall–Kier alpha value is -2.04. The van der Waals surface area contributed by atoms with E-state index in [2.05, 4.69) is 5.32 Å². The summed E-state index contributed by atoms with van der Waals surface area (Å²) in [4.78, 5) is 22.2. The molecule has 1 aromatic carbocycles. The fourth-order valence-electron chi connectivity index (χ4n) is 1.64. The van der Waals surface area contributed by atoms with E-state index in [9.17, 15) is 9.59 Å². The molecule has 1 unspecified atom stereocenters. The number of benzene rings is 1. The van der Waals surface area contributed by atoms with Crippen LogP contribution in [-0.2, 0) is 4.79 Å². The Morgan fingerprint density at radius 1 is 1.39 bits per heavy atom. The molecule has 0 fully saturated rings. The van der Waals surface area contributed by atoms with Crippen molar-refractivity contribution in [1.82, 2.24) is 5.32 Å². The number of nitrogen functional groups attached to an aromatic ring is 1. The number of carbonyl (C=O) groups is 2. The highest BCUT2D eigenvalue weighted by atomic mass is 16.4. The largest absolute Gasteiger partial charge is 0.481 e. The van der Waals surface area contributed by atoms with Gasteiger partial charge in [-0.15, -0.1) is 0 Å². The van der Waals surface area contributed by atoms with Gasteiger partial charge in [-0.25, -0.2) is 0 Å². The number of carbonyl (C=O) groups excluding carboxylic acids is 1. The van der Waals surface area contributed by atoms with Crippen LogP contribution in [0.2, 0.25) is 0 Å². The molecule has 0 saturated carbocycles. The molecule has 1 aromatic rings. The normalized spacial score (nSPS) is 11.8. The molecule has 0 bridgehead atoms. The summed E-state index contributed by atoms with van der Waals surface area (Å²) in [5, 5.41) is 11.3. The average molecular weight is 250 g/mol. The predicted octanol–water partition coefficient (Wildman–Crippen LogP) is 1.64. The van der Waals surface area contributed by atoms with Crippen molar-refractivity contribution >= 4 is 17.6 Å². The van der Waals surface area contributed by atoms with Crippen molar-refractivity contribution in [3.8, 4) is 0 Å². The smallest absolute Gasteiger partial charge is 0.303 e. The van der Waals surface area contributed by atoms with Gasteiger partial charge in [0.15, 0.2) is 0 Å². The zero-order valence-electron chi connectivity index (χ0n) is 10.3. The summed E-state index contributed by atoms with van der Waals surface area (Å²) in [6.45, 7) is 1.85. The highest BCUT2D eigenvalue weighted by Gasteiger charge is 2.12. The summed E-state index contributed by atoms with van der Waals surface area (Å²) in [6, 6.07) is 6.78. The molecule has 98 valence electrons. The lowest BCUT2D eigenvalue weighted by atomic mass is 10.1. The lowest BCUT2D eigenvalue weighted by molar-refractivity contribution is -0.137. The van der Waals surface area contributed by atoms with E-state index in [1.807, 2.05) is 6.92 Å². The molecule has 18 heavy (non-hydrogen) atoms. The van der Waals surface area contributed by atoms with Gasteiger partial charge in [0, 0.05) is 18.2 Å². The number of hydrogen-bond acceptors (Lipinski definition) is 3. The minimum Gasteiger partial charge on any atom is -0.481 e. The number of carboxylic acids is 1. The van der Waals surface area contributed by atoms with E-state index in [0.29, 0.717) is 24.1 Å². The van der Waals surface area contributed by atoms with Crippen molar-refractivity contribution in [1.29, 1.82) is 0 Å². The fraction of sp³-hybridized carbons (Fsp3) is 0.385. The maximum atomic E-state index is 11.9. The summed E-state index contributed by atoms with van der Waals surface area (Å²) < 4.78 is 0. The summed E-state index contributed by atoms with van der Waals surface area (Å²) in [5.41, 5.74) is 6.58. The molecule has 0 saturated heterocycles. The van der Waals surface area contributed by atoms with Crippen molar-refractivity contribution in [2.75, 3.05) is 5.73 Å². The highest BCUT2D eigenvalue weighted by molar-refractivity contribution is 5.99. The molecule has 0 aliphatic carbocycles. The molecule has 0 aliphatic rings. The van der Waals surface area contributed by atoms with Crippen LogP contribution in [0, 0.1) is 0 Å². The molecular formula is C13H18N2O3. The van der Waals surface area contributed by atoms with E-state index in [0.717, 1.165) is 0 Å². The number of amides is 1. The van der Waals surface area contributed by atoms with Gasteiger partial charge in [0.25, 0.3) is 5.91 Å². The second-order valence-electron chi connectivity index (χ2n) is 4.25. The monoisotopic (exact) mass is 250 g/mol. The molecule has 0 aliphatic heterocycles. The van der Waals surface area contributed by atoms with Crippen LogP contribution in [0.4, 0.5) is 5.69 Å². The third kappa shape index (κ3) is 4.45. The Bertz CT molecular complexity index is 432. The summed E-state index contributed by atoms with van der Waals surface area (Å²) in [5.74, 6) is -1.04. The van der Waals surface area contributed by atoms with Gasteiger partial charge in [-0.3, -0.25) is 9.59 Å². The van der Waals surface area contributed by atoms with E-state index in [4.69, 9.17) is 10.8 Å². The van der Waals surface area contributed by atoms with Crippen LogP contribution < -0.4 is 11.1 Å². The van der Waals surface area contributed by atoms with E-state index >= 15 is 0 Å². The van der Waals surface area contributed by atoms with E-state index < -0.39 is 5.97 Å². The lowest BCUT2D eigenvalue weighted by Crippen LogP contribution is -2.33. The van der Waals surface area contributed by atoms with Crippen molar-refractivity contribution < 1.29 is 14.7 Å². The third-order valence-electron chi connectivity index (χ3n) is 2.61. The van der Waals surface area contributed by atoms with Gasteiger partial charge in [-0.05, 0) is 31.9 Å². The average Bonchev–Trinajstić information content (AvgIpc) is 2.28. The second kappa shape index (κ2) is 6.64. The topological polar surface area (TPSA) is 92.4 Å². The van der Waals surface area contributed by atoms with Gasteiger partial charge in [-0.2, -0.15) is 0 Å². The first kappa shape index (κ1) is 14.0. The maximum Gasteiger partial charge on any atom is 0.303 e. The van der Waals surface area contributed by atoms with Gasteiger partial charge in [0.05, 0.1) is 5.56 Å². The first-order valence-electron chi connectivity index (χ1n) is 5.88. The minimum atomic E-state index is -0.819. The SMILES string of the molecule is CC(CCCC(=O)O)NC(=O)c1ccccc1N. The predicted molar refractivity (Wildman–Crippen MR) is 69.3 cm³/mol. The summed E-state index contributed by atoms with van der Waals surface area (Å²) in [6.07, 6.45) is 1.29. The molecule has 5 heteroatoms. The molecule has 4 N–H and O–H groups in total. The molecule has 1 rings (SSSR count). The van der Waals surface area contributed by atoms with Crippen LogP contribution in [0.5, 0.6) is 0 Å². The molecule has 0 heterocycles. The van der Waals surface area contributed by atoms with Gasteiger partial charge >= 0.3 is 5.97 Å². The zero-order valence-corrected chi connectivity index (χ0v) is 10.3. The van der Waals surface area contributed by atoms with Crippen molar-refractivity contribution in [3.63, 3.8) is 0 Å². The lowest BCUT2D eigenvalue weighted by Gasteiger charge is -2.14. The number of rotatable bonds is 6. The molecule has 5 nitrogen and oxygen atoms in total. The van der Waals surface area contributed by atoms with E-state index in [1.165, 1.54) is 0 Å².